The summed E-state index contributed by atoms with van der Waals surface area (Å²) < 4.78 is 13.2. The third-order valence-electron chi connectivity index (χ3n) is 7.86. The number of ether oxygens (including phenoxy) is 2. The fraction of sp³-hybridized carbons (Fsp3) is 0.400. The van der Waals surface area contributed by atoms with Gasteiger partial charge in [0, 0.05) is 37.1 Å². The second-order valence-electron chi connectivity index (χ2n) is 10.1. The van der Waals surface area contributed by atoms with E-state index in [1.165, 1.54) is 16.8 Å². The minimum Gasteiger partial charge on any atom is -0.495 e. The number of amides is 1. The van der Waals surface area contributed by atoms with Gasteiger partial charge in [0.2, 0.25) is 5.91 Å². The molecule has 7 nitrogen and oxygen atoms in total. The molecule has 0 spiro atoms. The predicted molar refractivity (Wildman–Crippen MR) is 144 cm³/mol. The summed E-state index contributed by atoms with van der Waals surface area (Å²) in [6, 6.07) is 12.8. The Kier molecular flexibility index (Phi) is 6.47. The van der Waals surface area contributed by atoms with Gasteiger partial charge in [-0.15, -0.1) is 0 Å². The number of benzene rings is 2. The van der Waals surface area contributed by atoms with Crippen molar-refractivity contribution >= 4 is 17.7 Å². The summed E-state index contributed by atoms with van der Waals surface area (Å²) >= 11 is 0. The Morgan fingerprint density at radius 2 is 1.95 bits per heavy atom. The Hall–Kier alpha value is -3.58. The van der Waals surface area contributed by atoms with Crippen molar-refractivity contribution < 1.29 is 14.3 Å². The monoisotopic (exact) mass is 498 g/mol. The topological polar surface area (TPSA) is 59.8 Å². The van der Waals surface area contributed by atoms with Crippen molar-refractivity contribution in [3.05, 3.63) is 76.9 Å². The Balaban J connectivity index is 1.25. The fourth-order valence-corrected chi connectivity index (χ4v) is 6.05. The summed E-state index contributed by atoms with van der Waals surface area (Å²) in [7, 11) is 1.68. The first kappa shape index (κ1) is 23.8. The number of fused-ring (bicyclic) bond motifs is 1. The number of anilines is 1. The summed E-state index contributed by atoms with van der Waals surface area (Å²) in [6.07, 6.45) is 9.59. The van der Waals surface area contributed by atoms with E-state index in [9.17, 15) is 4.79 Å². The van der Waals surface area contributed by atoms with E-state index in [1.807, 2.05) is 42.0 Å². The van der Waals surface area contributed by atoms with Crippen LogP contribution in [0.15, 0.2) is 54.5 Å². The quantitative estimate of drug-likeness (QED) is 0.477. The highest BCUT2D eigenvalue weighted by atomic mass is 16.5. The fourth-order valence-electron chi connectivity index (χ4n) is 6.05. The number of piperidine rings is 1. The van der Waals surface area contributed by atoms with Gasteiger partial charge in [-0.3, -0.25) is 4.79 Å². The molecule has 6 rings (SSSR count). The third-order valence-corrected chi connectivity index (χ3v) is 7.86. The number of carbonyl (C=O) groups excluding carboxylic acids is 1. The predicted octanol–water partition coefficient (Wildman–Crippen LogP) is 4.72. The van der Waals surface area contributed by atoms with E-state index in [0.29, 0.717) is 0 Å². The Morgan fingerprint density at radius 3 is 2.73 bits per heavy atom. The van der Waals surface area contributed by atoms with Gasteiger partial charge in [-0.05, 0) is 73.6 Å². The van der Waals surface area contributed by atoms with Crippen molar-refractivity contribution in [2.45, 2.75) is 38.6 Å². The van der Waals surface area contributed by atoms with Gasteiger partial charge in [0.25, 0.3) is 0 Å². The van der Waals surface area contributed by atoms with Crippen molar-refractivity contribution in [2.24, 2.45) is 0 Å². The Labute approximate surface area is 218 Å². The highest BCUT2D eigenvalue weighted by Gasteiger charge is 2.35. The molecular formula is C30H34N4O3. The number of methoxy groups -OCH3 is 1. The van der Waals surface area contributed by atoms with Crippen LogP contribution < -0.4 is 9.64 Å². The van der Waals surface area contributed by atoms with E-state index in [4.69, 9.17) is 9.47 Å². The first-order valence-electron chi connectivity index (χ1n) is 13.3. The lowest BCUT2D eigenvalue weighted by Crippen LogP contribution is -2.39. The van der Waals surface area contributed by atoms with E-state index in [0.717, 1.165) is 86.8 Å². The number of nitrogens with zero attached hydrogens (tertiary/aromatic N) is 4. The van der Waals surface area contributed by atoms with Crippen LogP contribution in [-0.2, 0) is 16.0 Å². The molecule has 1 unspecified atom stereocenters. The van der Waals surface area contributed by atoms with E-state index >= 15 is 0 Å². The van der Waals surface area contributed by atoms with E-state index in [2.05, 4.69) is 33.0 Å². The molecule has 3 aromatic rings. The smallest absolute Gasteiger partial charge is 0.250 e. The average Bonchev–Trinajstić information content (AvgIpc) is 3.56. The van der Waals surface area contributed by atoms with Gasteiger partial charge in [-0.2, -0.15) is 0 Å². The number of likely N-dealkylation sites (tertiary alicyclic amines) is 1. The molecule has 7 heteroatoms. The summed E-state index contributed by atoms with van der Waals surface area (Å²) in [5.41, 5.74) is 7.78. The standard InChI is InChI=1S/C30H34N4O3/c1-21-19-33(20-31-21)28-10-8-22(18-29(28)36-2)17-23-5-4-12-34(30(23)35)27-11-9-25-24(27)6-3-7-26(25)32-13-15-37-16-14-32/h3,6-8,10,17-20,27H,4-5,9,11-16H2,1-2H3/b23-17+. The van der Waals surface area contributed by atoms with Gasteiger partial charge in [-0.1, -0.05) is 18.2 Å². The number of hydrogen-bond donors (Lipinski definition) is 0. The SMILES string of the molecule is COc1cc(/C=C2\CCCN(C3CCc4c3cccc4N3CCOCC3)C2=O)ccc1-n1cnc(C)c1. The molecule has 2 saturated heterocycles. The number of morpholine rings is 1. The molecule has 192 valence electrons. The molecule has 3 aliphatic rings. The van der Waals surface area contributed by atoms with Crippen LogP contribution in [0, 0.1) is 6.92 Å². The van der Waals surface area contributed by atoms with Gasteiger partial charge in [0.1, 0.15) is 5.75 Å². The van der Waals surface area contributed by atoms with Gasteiger partial charge in [-0.25, -0.2) is 4.98 Å². The molecule has 1 atom stereocenters. The average molecular weight is 499 g/mol. The van der Waals surface area contributed by atoms with Crippen LogP contribution >= 0.6 is 0 Å². The van der Waals surface area contributed by atoms with Gasteiger partial charge in [0.15, 0.2) is 0 Å². The largest absolute Gasteiger partial charge is 0.495 e. The number of aryl methyl sites for hydroxylation is 1. The molecule has 1 amide bonds. The van der Waals surface area contributed by atoms with Crippen molar-refractivity contribution in [2.75, 3.05) is 44.9 Å². The van der Waals surface area contributed by atoms with Crippen molar-refractivity contribution in [3.63, 3.8) is 0 Å². The molecule has 1 aliphatic carbocycles. The second-order valence-corrected chi connectivity index (χ2v) is 10.1. The van der Waals surface area contributed by atoms with Crippen molar-refractivity contribution in [1.82, 2.24) is 14.5 Å². The number of aromatic nitrogens is 2. The molecule has 0 radical (unpaired) electrons. The van der Waals surface area contributed by atoms with Crippen LogP contribution in [0.4, 0.5) is 5.69 Å². The minimum atomic E-state index is 0.147. The minimum absolute atomic E-state index is 0.147. The normalized spacial score (nSPS) is 21.0. The van der Waals surface area contributed by atoms with Crippen LogP contribution in [0.2, 0.25) is 0 Å². The molecule has 0 N–H and O–H groups in total. The maximum Gasteiger partial charge on any atom is 0.250 e. The zero-order valence-electron chi connectivity index (χ0n) is 21.7. The summed E-state index contributed by atoms with van der Waals surface area (Å²) in [6.45, 7) is 6.19. The summed E-state index contributed by atoms with van der Waals surface area (Å²) in [4.78, 5) is 22.6. The second kappa shape index (κ2) is 10.1. The van der Waals surface area contributed by atoms with Crippen LogP contribution in [0.5, 0.6) is 5.75 Å². The number of rotatable bonds is 5. The Bertz CT molecular complexity index is 1340. The lowest BCUT2D eigenvalue weighted by atomic mass is 9.97. The van der Waals surface area contributed by atoms with E-state index in [1.54, 1.807) is 13.4 Å². The maximum absolute atomic E-state index is 13.7. The zero-order chi connectivity index (χ0) is 25.4. The molecule has 1 aromatic heterocycles. The molecular weight excluding hydrogens is 464 g/mol. The first-order chi connectivity index (χ1) is 18.1. The van der Waals surface area contributed by atoms with Crippen LogP contribution in [0.1, 0.15) is 47.7 Å². The molecule has 0 bridgehead atoms. The zero-order valence-corrected chi connectivity index (χ0v) is 21.7. The highest BCUT2D eigenvalue weighted by molar-refractivity contribution is 5.99. The molecule has 37 heavy (non-hydrogen) atoms. The van der Waals surface area contributed by atoms with Gasteiger partial charge in [0.05, 0.1) is 44.1 Å². The lowest BCUT2D eigenvalue weighted by Gasteiger charge is -2.35. The number of carbonyl (C=O) groups is 1. The third kappa shape index (κ3) is 4.53. The Morgan fingerprint density at radius 1 is 1.08 bits per heavy atom. The van der Waals surface area contributed by atoms with Crippen LogP contribution in [-0.4, -0.2) is 60.3 Å². The highest BCUT2D eigenvalue weighted by Crippen LogP contribution is 2.42. The van der Waals surface area contributed by atoms with Crippen molar-refractivity contribution in [1.29, 1.82) is 0 Å². The van der Waals surface area contributed by atoms with E-state index < -0.39 is 0 Å². The molecule has 0 saturated carbocycles. The van der Waals surface area contributed by atoms with Gasteiger partial charge < -0.3 is 23.8 Å². The van der Waals surface area contributed by atoms with Crippen LogP contribution in [0.3, 0.4) is 0 Å². The summed E-state index contributed by atoms with van der Waals surface area (Å²) in [5.74, 6) is 0.918. The van der Waals surface area contributed by atoms with Crippen molar-refractivity contribution in [3.8, 4) is 11.4 Å². The van der Waals surface area contributed by atoms with Gasteiger partial charge >= 0.3 is 0 Å². The first-order valence-corrected chi connectivity index (χ1v) is 13.3. The maximum atomic E-state index is 13.7. The molecule has 2 aliphatic heterocycles. The summed E-state index contributed by atoms with van der Waals surface area (Å²) in [5, 5.41) is 0. The number of imidazole rings is 1. The van der Waals surface area contributed by atoms with Crippen LogP contribution in [0.25, 0.3) is 11.8 Å². The molecule has 2 aromatic carbocycles. The number of hydrogen-bond acceptors (Lipinski definition) is 5. The lowest BCUT2D eigenvalue weighted by molar-refractivity contribution is -0.131. The van der Waals surface area contributed by atoms with E-state index in [-0.39, 0.29) is 11.9 Å². The molecule has 2 fully saturated rings. The molecule has 3 heterocycles.